The van der Waals surface area contributed by atoms with E-state index in [1.165, 1.54) is 16.7 Å². The van der Waals surface area contributed by atoms with E-state index in [-0.39, 0.29) is 5.92 Å². The molecule has 0 bridgehead atoms. The molecule has 1 atom stereocenters. The highest BCUT2D eigenvalue weighted by Gasteiger charge is 2.09. The summed E-state index contributed by atoms with van der Waals surface area (Å²) in [4.78, 5) is 10.8. The number of carboxylic acid groups (broad SMARTS) is 1. The molecule has 0 aromatic heterocycles. The van der Waals surface area contributed by atoms with Crippen molar-refractivity contribution in [2.45, 2.75) is 65.7 Å². The number of hydrogen-bond acceptors (Lipinski definition) is 1. The predicted octanol–water partition coefficient (Wildman–Crippen LogP) is 5.58. The molecule has 0 fully saturated rings. The van der Waals surface area contributed by atoms with Crippen LogP contribution in [-0.2, 0) is 11.2 Å². The molecule has 0 aliphatic heterocycles. The van der Waals surface area contributed by atoms with Crippen LogP contribution < -0.4 is 0 Å². The Morgan fingerprint density at radius 1 is 1.27 bits per heavy atom. The van der Waals surface area contributed by atoms with Crippen molar-refractivity contribution < 1.29 is 9.90 Å². The topological polar surface area (TPSA) is 37.3 Å². The molecule has 1 aromatic carbocycles. The Kier molecular flexibility index (Phi) is 7.94. The Morgan fingerprint density at radius 2 is 2.00 bits per heavy atom. The van der Waals surface area contributed by atoms with Gasteiger partial charge < -0.3 is 5.11 Å². The zero-order valence-corrected chi connectivity index (χ0v) is 14.4. The third-order valence-electron chi connectivity index (χ3n) is 4.17. The molecule has 0 aliphatic carbocycles. The summed E-state index contributed by atoms with van der Waals surface area (Å²) in [6, 6.07) is 8.85. The normalized spacial score (nSPS) is 13.4. The number of aliphatic carboxylic acids is 1. The number of carbonyl (C=O) groups is 1. The van der Waals surface area contributed by atoms with Gasteiger partial charge in [0.2, 0.25) is 0 Å². The number of hydrogen-bond donors (Lipinski definition) is 1. The van der Waals surface area contributed by atoms with E-state index >= 15 is 0 Å². The number of benzene rings is 1. The summed E-state index contributed by atoms with van der Waals surface area (Å²) >= 11 is 0. The zero-order valence-electron chi connectivity index (χ0n) is 14.4. The Hall–Kier alpha value is -1.57. The first-order chi connectivity index (χ1) is 10.4. The third-order valence-corrected chi connectivity index (χ3v) is 4.17. The number of carboxylic acids is 1. The lowest BCUT2D eigenvalue weighted by Crippen LogP contribution is -2.08. The smallest absolute Gasteiger partial charge is 0.306 e. The van der Waals surface area contributed by atoms with Gasteiger partial charge >= 0.3 is 5.97 Å². The van der Waals surface area contributed by atoms with Gasteiger partial charge in [-0.3, -0.25) is 4.79 Å². The number of aryl methyl sites for hydroxylation is 1. The molecule has 0 saturated heterocycles. The number of allylic oxidation sites excluding steroid dienone is 2. The van der Waals surface area contributed by atoms with Crippen LogP contribution in [0.5, 0.6) is 0 Å². The van der Waals surface area contributed by atoms with E-state index in [1.807, 2.05) is 0 Å². The van der Waals surface area contributed by atoms with Crippen molar-refractivity contribution in [1.82, 2.24) is 0 Å². The van der Waals surface area contributed by atoms with Gasteiger partial charge in [-0.1, -0.05) is 56.7 Å². The second kappa shape index (κ2) is 9.45. The maximum absolute atomic E-state index is 10.8. The van der Waals surface area contributed by atoms with Gasteiger partial charge in [0.25, 0.3) is 0 Å². The second-order valence-corrected chi connectivity index (χ2v) is 6.62. The minimum Gasteiger partial charge on any atom is -0.481 e. The molecule has 22 heavy (non-hydrogen) atoms. The van der Waals surface area contributed by atoms with E-state index in [0.29, 0.717) is 5.92 Å². The molecule has 1 rings (SSSR count). The van der Waals surface area contributed by atoms with Gasteiger partial charge in [0.15, 0.2) is 0 Å². The summed E-state index contributed by atoms with van der Waals surface area (Å²) < 4.78 is 0. The van der Waals surface area contributed by atoms with Crippen molar-refractivity contribution in [3.8, 4) is 0 Å². The van der Waals surface area contributed by atoms with Gasteiger partial charge in [-0.15, -0.1) is 0 Å². The van der Waals surface area contributed by atoms with Crippen molar-refractivity contribution in [2.24, 2.45) is 5.92 Å². The van der Waals surface area contributed by atoms with Crippen molar-refractivity contribution in [1.29, 1.82) is 0 Å². The lowest BCUT2D eigenvalue weighted by atomic mass is 9.98. The summed E-state index contributed by atoms with van der Waals surface area (Å²) in [5.41, 5.74) is 4.17. The van der Waals surface area contributed by atoms with E-state index in [9.17, 15) is 4.79 Å². The van der Waals surface area contributed by atoms with Crippen LogP contribution in [0.4, 0.5) is 0 Å². The summed E-state index contributed by atoms with van der Waals surface area (Å²) in [6.07, 6.45) is 7.15. The molecule has 2 heteroatoms. The minimum absolute atomic E-state index is 0.230. The van der Waals surface area contributed by atoms with Crippen LogP contribution in [0.25, 0.3) is 0 Å². The highest BCUT2D eigenvalue weighted by Crippen LogP contribution is 2.17. The van der Waals surface area contributed by atoms with Crippen LogP contribution in [0.2, 0.25) is 0 Å². The van der Waals surface area contributed by atoms with Crippen LogP contribution in [0.1, 0.15) is 70.4 Å². The molecule has 1 aromatic rings. The molecule has 0 spiro atoms. The number of rotatable bonds is 9. The Bertz CT molecular complexity index is 500. The van der Waals surface area contributed by atoms with E-state index in [0.717, 1.165) is 32.1 Å². The molecule has 0 amide bonds. The van der Waals surface area contributed by atoms with Crippen molar-refractivity contribution in [2.75, 3.05) is 0 Å². The van der Waals surface area contributed by atoms with Gasteiger partial charge in [-0.2, -0.15) is 0 Å². The average molecular weight is 302 g/mol. The van der Waals surface area contributed by atoms with Crippen LogP contribution in [0.15, 0.2) is 35.9 Å². The van der Waals surface area contributed by atoms with Crippen molar-refractivity contribution >= 4 is 5.97 Å². The monoisotopic (exact) mass is 302 g/mol. The van der Waals surface area contributed by atoms with Crippen LogP contribution in [0.3, 0.4) is 0 Å². The fourth-order valence-corrected chi connectivity index (χ4v) is 2.51. The average Bonchev–Trinajstić information content (AvgIpc) is 2.47. The first-order valence-corrected chi connectivity index (χ1v) is 8.37. The van der Waals surface area contributed by atoms with Crippen molar-refractivity contribution in [3.63, 3.8) is 0 Å². The lowest BCUT2D eigenvalue weighted by molar-refractivity contribution is -0.141. The molecular formula is C20H30O2. The van der Waals surface area contributed by atoms with E-state index in [2.05, 4.69) is 51.1 Å². The lowest BCUT2D eigenvalue weighted by Gasteiger charge is -2.08. The molecule has 1 unspecified atom stereocenters. The SMILES string of the molecule is CC(=CCCc1cccc(C(C)C)c1)CCCC(C)C(=O)O. The van der Waals surface area contributed by atoms with Gasteiger partial charge in [-0.05, 0) is 56.1 Å². The van der Waals surface area contributed by atoms with E-state index < -0.39 is 5.97 Å². The third kappa shape index (κ3) is 6.93. The highest BCUT2D eigenvalue weighted by atomic mass is 16.4. The summed E-state index contributed by atoms with van der Waals surface area (Å²) in [6.45, 7) is 8.38. The zero-order chi connectivity index (χ0) is 16.5. The fourth-order valence-electron chi connectivity index (χ4n) is 2.51. The van der Waals surface area contributed by atoms with Gasteiger partial charge in [-0.25, -0.2) is 0 Å². The molecule has 122 valence electrons. The first kappa shape index (κ1) is 18.5. The van der Waals surface area contributed by atoms with Crippen LogP contribution in [-0.4, -0.2) is 11.1 Å². The maximum Gasteiger partial charge on any atom is 0.306 e. The first-order valence-electron chi connectivity index (χ1n) is 8.37. The summed E-state index contributed by atoms with van der Waals surface area (Å²) in [5, 5.41) is 8.86. The van der Waals surface area contributed by atoms with Gasteiger partial charge in [0.05, 0.1) is 5.92 Å². The molecule has 0 radical (unpaired) electrons. The molecule has 0 aliphatic rings. The van der Waals surface area contributed by atoms with Crippen molar-refractivity contribution in [3.05, 3.63) is 47.0 Å². The molecular weight excluding hydrogens is 272 g/mol. The quantitative estimate of drug-likeness (QED) is 0.605. The second-order valence-electron chi connectivity index (χ2n) is 6.62. The van der Waals surface area contributed by atoms with E-state index in [1.54, 1.807) is 6.92 Å². The Morgan fingerprint density at radius 3 is 2.64 bits per heavy atom. The molecule has 1 N–H and O–H groups in total. The van der Waals surface area contributed by atoms with Crippen LogP contribution >= 0.6 is 0 Å². The summed E-state index contributed by atoms with van der Waals surface area (Å²) in [7, 11) is 0. The molecule has 2 nitrogen and oxygen atoms in total. The van der Waals surface area contributed by atoms with Crippen LogP contribution in [0, 0.1) is 5.92 Å². The molecule has 0 heterocycles. The van der Waals surface area contributed by atoms with E-state index in [4.69, 9.17) is 5.11 Å². The largest absolute Gasteiger partial charge is 0.481 e. The van der Waals surface area contributed by atoms with Gasteiger partial charge in [0.1, 0.15) is 0 Å². The molecule has 0 saturated carbocycles. The van der Waals surface area contributed by atoms with Gasteiger partial charge in [0, 0.05) is 0 Å². The predicted molar refractivity (Wildman–Crippen MR) is 93.3 cm³/mol. The highest BCUT2D eigenvalue weighted by molar-refractivity contribution is 5.69. The minimum atomic E-state index is -0.688. The Labute approximate surface area is 135 Å². The fraction of sp³-hybridized carbons (Fsp3) is 0.550. The maximum atomic E-state index is 10.8. The Balaban J connectivity index is 2.35. The summed E-state index contributed by atoms with van der Waals surface area (Å²) in [5.74, 6) is -0.341. The standard InChI is InChI=1S/C20H30O2/c1-15(2)19-13-7-12-18(14-19)11-6-9-16(3)8-5-10-17(4)20(21)22/h7,9,12-15,17H,5-6,8,10-11H2,1-4H3,(H,21,22).